The van der Waals surface area contributed by atoms with Crippen molar-refractivity contribution in [2.24, 2.45) is 11.8 Å². The lowest BCUT2D eigenvalue weighted by molar-refractivity contribution is -0.143. The highest BCUT2D eigenvalue weighted by Gasteiger charge is 2.64. The van der Waals surface area contributed by atoms with Crippen LogP contribution in [0.4, 0.5) is 5.69 Å². The molecule has 3 amide bonds. The lowest BCUT2D eigenvalue weighted by atomic mass is 9.84. The Morgan fingerprint density at radius 3 is 2.33 bits per heavy atom. The molecule has 0 unspecified atom stereocenters. The number of carbonyl (C=O) groups excluding carboxylic acids is 3. The Morgan fingerprint density at radius 1 is 0.889 bits per heavy atom. The van der Waals surface area contributed by atoms with Crippen molar-refractivity contribution in [1.29, 1.82) is 0 Å². The fraction of sp³-hybridized carbons (Fsp3) is 0.207. The summed E-state index contributed by atoms with van der Waals surface area (Å²) in [5, 5.41) is 2.95. The van der Waals surface area contributed by atoms with E-state index in [0.29, 0.717) is 11.4 Å². The zero-order valence-electron chi connectivity index (χ0n) is 19.7. The van der Waals surface area contributed by atoms with E-state index >= 15 is 0 Å². The van der Waals surface area contributed by atoms with E-state index in [0.717, 1.165) is 16.7 Å². The average Bonchev–Trinajstić information content (AvgIpc) is 3.38. The van der Waals surface area contributed by atoms with Gasteiger partial charge in [0.1, 0.15) is 11.8 Å². The molecule has 7 nitrogen and oxygen atoms in total. The van der Waals surface area contributed by atoms with Gasteiger partial charge in [0.15, 0.2) is 0 Å². The maximum Gasteiger partial charge on any atom is 0.247 e. The maximum absolute atomic E-state index is 13.8. The van der Waals surface area contributed by atoms with Crippen molar-refractivity contribution in [3.63, 3.8) is 0 Å². The minimum Gasteiger partial charge on any atom is -0.497 e. The molecule has 0 bridgehead atoms. The number of anilines is 1. The first kappa shape index (κ1) is 22.1. The van der Waals surface area contributed by atoms with Gasteiger partial charge in [-0.1, -0.05) is 54.6 Å². The van der Waals surface area contributed by atoms with Crippen LogP contribution >= 0.6 is 0 Å². The fourth-order valence-corrected chi connectivity index (χ4v) is 5.73. The Hall–Kier alpha value is -4.39. The topological polar surface area (TPSA) is 79.0 Å². The number of imide groups is 1. The number of fused-ring (bicyclic) bond motifs is 5. The molecule has 3 aromatic rings. The molecule has 4 atom stereocenters. The van der Waals surface area contributed by atoms with Crippen LogP contribution in [-0.2, 0) is 20.9 Å². The molecule has 0 aliphatic carbocycles. The molecule has 3 heterocycles. The molecule has 0 saturated carbocycles. The van der Waals surface area contributed by atoms with Crippen LogP contribution in [0, 0.1) is 11.8 Å². The Balaban J connectivity index is 1.37. The van der Waals surface area contributed by atoms with Crippen molar-refractivity contribution in [2.75, 3.05) is 12.4 Å². The van der Waals surface area contributed by atoms with Gasteiger partial charge >= 0.3 is 0 Å². The number of rotatable bonds is 5. The van der Waals surface area contributed by atoms with Gasteiger partial charge in [0, 0.05) is 11.9 Å². The molecule has 2 saturated heterocycles. The van der Waals surface area contributed by atoms with Crippen LogP contribution in [0.1, 0.15) is 22.7 Å². The highest BCUT2D eigenvalue weighted by atomic mass is 16.5. The van der Waals surface area contributed by atoms with Crippen LogP contribution in [0.15, 0.2) is 85.1 Å². The van der Waals surface area contributed by atoms with Gasteiger partial charge < -0.3 is 15.0 Å². The number of methoxy groups -OCH3 is 1. The Morgan fingerprint density at radius 2 is 1.58 bits per heavy atom. The van der Waals surface area contributed by atoms with Gasteiger partial charge in [0.25, 0.3) is 0 Å². The van der Waals surface area contributed by atoms with Crippen molar-refractivity contribution in [2.45, 2.75) is 18.6 Å². The SMILES string of the molecule is COc1ccc(NC(=O)[C@@H]2[C@@H]3C(=O)N(Cc4ccccc4)C(=O)[C@H]3[C@H]3c4ccccc4C=CN23)cc1. The summed E-state index contributed by atoms with van der Waals surface area (Å²) in [5.74, 6) is -1.58. The number of hydrogen-bond acceptors (Lipinski definition) is 5. The smallest absolute Gasteiger partial charge is 0.247 e. The third kappa shape index (κ3) is 3.47. The highest BCUT2D eigenvalue weighted by Crippen LogP contribution is 2.52. The normalized spacial score (nSPS) is 23.8. The highest BCUT2D eigenvalue weighted by molar-refractivity contribution is 6.10. The monoisotopic (exact) mass is 479 g/mol. The van der Waals surface area contributed by atoms with Gasteiger partial charge in [-0.25, -0.2) is 0 Å². The second-order valence-corrected chi connectivity index (χ2v) is 9.30. The first-order valence-corrected chi connectivity index (χ1v) is 12.0. The van der Waals surface area contributed by atoms with Gasteiger partial charge in [0.2, 0.25) is 17.7 Å². The van der Waals surface area contributed by atoms with E-state index in [1.54, 1.807) is 31.4 Å². The zero-order chi connectivity index (χ0) is 24.8. The lowest BCUT2D eigenvalue weighted by Gasteiger charge is -2.35. The minimum atomic E-state index is -0.816. The van der Waals surface area contributed by atoms with Crippen LogP contribution in [-0.4, -0.2) is 40.7 Å². The van der Waals surface area contributed by atoms with Crippen molar-refractivity contribution in [3.8, 4) is 5.75 Å². The summed E-state index contributed by atoms with van der Waals surface area (Å²) in [6.45, 7) is 0.197. The predicted molar refractivity (Wildman–Crippen MR) is 134 cm³/mol. The summed E-state index contributed by atoms with van der Waals surface area (Å²) in [6.07, 6.45) is 3.79. The van der Waals surface area contributed by atoms with Crippen LogP contribution < -0.4 is 10.1 Å². The van der Waals surface area contributed by atoms with Gasteiger partial charge in [-0.2, -0.15) is 0 Å². The second kappa shape index (κ2) is 8.68. The summed E-state index contributed by atoms with van der Waals surface area (Å²) in [7, 11) is 1.58. The van der Waals surface area contributed by atoms with Crippen LogP contribution in [0.25, 0.3) is 6.08 Å². The molecule has 2 fully saturated rings. The predicted octanol–water partition coefficient (Wildman–Crippen LogP) is 3.84. The molecule has 0 radical (unpaired) electrons. The van der Waals surface area contributed by atoms with Crippen molar-refractivity contribution in [3.05, 3.63) is 102 Å². The molecule has 6 rings (SSSR count). The fourth-order valence-electron chi connectivity index (χ4n) is 5.73. The summed E-state index contributed by atoms with van der Waals surface area (Å²) < 4.78 is 5.20. The number of carbonyl (C=O) groups is 3. The maximum atomic E-state index is 13.8. The third-order valence-electron chi connectivity index (χ3n) is 7.36. The number of nitrogens with one attached hydrogen (secondary N) is 1. The number of ether oxygens (including phenoxy) is 1. The molecule has 180 valence electrons. The molecule has 0 aromatic heterocycles. The first-order valence-electron chi connectivity index (χ1n) is 12.0. The minimum absolute atomic E-state index is 0.197. The molecule has 36 heavy (non-hydrogen) atoms. The number of likely N-dealkylation sites (tertiary alicyclic amines) is 1. The van der Waals surface area contributed by atoms with Crippen molar-refractivity contribution < 1.29 is 19.1 Å². The number of nitrogens with zero attached hydrogens (tertiary/aromatic N) is 2. The summed E-state index contributed by atoms with van der Waals surface area (Å²) in [4.78, 5) is 44.5. The molecule has 1 N–H and O–H groups in total. The van der Waals surface area contributed by atoms with E-state index in [-0.39, 0.29) is 30.3 Å². The van der Waals surface area contributed by atoms with Gasteiger partial charge in [0.05, 0.1) is 31.5 Å². The average molecular weight is 480 g/mol. The molecule has 3 aromatic carbocycles. The van der Waals surface area contributed by atoms with Crippen molar-refractivity contribution >= 4 is 29.5 Å². The Kier molecular flexibility index (Phi) is 5.33. The van der Waals surface area contributed by atoms with Gasteiger partial charge in [-0.05, 0) is 47.0 Å². The van der Waals surface area contributed by atoms with Crippen LogP contribution in [0.2, 0.25) is 0 Å². The first-order chi connectivity index (χ1) is 17.6. The van der Waals surface area contributed by atoms with E-state index in [1.807, 2.05) is 71.8 Å². The van der Waals surface area contributed by atoms with Gasteiger partial charge in [-0.3, -0.25) is 19.3 Å². The van der Waals surface area contributed by atoms with Crippen molar-refractivity contribution in [1.82, 2.24) is 9.80 Å². The van der Waals surface area contributed by atoms with E-state index < -0.39 is 17.9 Å². The molecular formula is C29H25N3O4. The van der Waals surface area contributed by atoms with Crippen LogP contribution in [0.5, 0.6) is 5.75 Å². The molecular weight excluding hydrogens is 454 g/mol. The van der Waals surface area contributed by atoms with E-state index in [2.05, 4.69) is 5.32 Å². The summed E-state index contributed by atoms with van der Waals surface area (Å²) in [5.41, 5.74) is 3.42. The number of amides is 3. The van der Waals surface area contributed by atoms with Gasteiger partial charge in [-0.15, -0.1) is 0 Å². The molecule has 3 aliphatic rings. The third-order valence-corrected chi connectivity index (χ3v) is 7.36. The Bertz CT molecular complexity index is 1370. The molecule has 7 heteroatoms. The number of hydrogen-bond donors (Lipinski definition) is 1. The van der Waals surface area contributed by atoms with Crippen LogP contribution in [0.3, 0.4) is 0 Å². The summed E-state index contributed by atoms with van der Waals surface area (Å²) in [6, 6.07) is 23.1. The Labute approximate surface area is 209 Å². The quantitative estimate of drug-likeness (QED) is 0.563. The lowest BCUT2D eigenvalue weighted by Crippen LogP contribution is -2.46. The summed E-state index contributed by atoms with van der Waals surface area (Å²) >= 11 is 0. The van der Waals surface area contributed by atoms with E-state index in [4.69, 9.17) is 4.74 Å². The number of benzene rings is 3. The molecule has 3 aliphatic heterocycles. The standard InChI is InChI=1S/C29H25N3O4/c1-36-21-13-11-20(12-14-21)30-27(33)26-24-23(25-22-10-6-5-9-19(22)15-16-31(25)26)28(34)32(29(24)35)17-18-7-3-2-4-8-18/h2-16,23-26H,17H2,1H3,(H,30,33)/t23-,24-,25-,26+/m1/s1. The van der Waals surface area contributed by atoms with E-state index in [1.165, 1.54) is 4.90 Å². The second-order valence-electron chi connectivity index (χ2n) is 9.30. The zero-order valence-corrected chi connectivity index (χ0v) is 19.7. The molecule has 0 spiro atoms. The van der Waals surface area contributed by atoms with E-state index in [9.17, 15) is 14.4 Å². The largest absolute Gasteiger partial charge is 0.497 e.